The van der Waals surface area contributed by atoms with Crippen LogP contribution in [0.4, 0.5) is 17.6 Å². The fraction of sp³-hybridized carbons (Fsp3) is 0.208. The quantitative estimate of drug-likeness (QED) is 0.334. The van der Waals surface area contributed by atoms with Crippen molar-refractivity contribution in [2.45, 2.75) is 17.6 Å². The van der Waals surface area contributed by atoms with Crippen LogP contribution in [0.1, 0.15) is 11.1 Å². The van der Waals surface area contributed by atoms with Crippen LogP contribution in [0, 0.1) is 5.82 Å². The Morgan fingerprint density at radius 2 is 1.60 bits per heavy atom. The highest BCUT2D eigenvalue weighted by atomic mass is 32.2. The van der Waals surface area contributed by atoms with Crippen molar-refractivity contribution < 1.29 is 35.5 Å². The molecule has 1 amide bonds. The monoisotopic (exact) mass is 510 g/mol. The summed E-state index contributed by atoms with van der Waals surface area (Å²) in [4.78, 5) is 12.1. The molecule has 6 nitrogen and oxygen atoms in total. The van der Waals surface area contributed by atoms with Gasteiger partial charge in [-0.25, -0.2) is 12.8 Å². The first-order chi connectivity index (χ1) is 16.5. The fourth-order valence-corrected chi connectivity index (χ4v) is 4.27. The summed E-state index contributed by atoms with van der Waals surface area (Å²) in [5, 5.41) is 5.18. The van der Waals surface area contributed by atoms with E-state index in [0.717, 1.165) is 36.4 Å². The Balaban J connectivity index is 1.60. The van der Waals surface area contributed by atoms with Gasteiger partial charge >= 0.3 is 6.18 Å². The van der Waals surface area contributed by atoms with E-state index >= 15 is 0 Å². The number of hydrogen-bond acceptors (Lipinski definition) is 5. The summed E-state index contributed by atoms with van der Waals surface area (Å²) in [5.41, 5.74) is 1.01. The molecule has 0 heterocycles. The van der Waals surface area contributed by atoms with Gasteiger partial charge in [0.1, 0.15) is 17.4 Å². The van der Waals surface area contributed by atoms with Crippen molar-refractivity contribution >= 4 is 15.7 Å². The number of ether oxygens (including phenoxy) is 1. The minimum Gasteiger partial charge on any atom is -0.497 e. The van der Waals surface area contributed by atoms with Crippen molar-refractivity contribution in [1.29, 1.82) is 0 Å². The Morgan fingerprint density at radius 3 is 2.20 bits per heavy atom. The second kappa shape index (κ2) is 10.9. The zero-order valence-electron chi connectivity index (χ0n) is 18.5. The smallest absolute Gasteiger partial charge is 0.416 e. The number of amides is 1. The zero-order chi connectivity index (χ0) is 25.6. The van der Waals surface area contributed by atoms with Gasteiger partial charge < -0.3 is 10.1 Å². The lowest BCUT2D eigenvalue weighted by Gasteiger charge is -2.12. The maximum Gasteiger partial charge on any atom is 0.416 e. The molecule has 2 N–H and O–H groups in total. The number of carbonyl (C=O) groups is 1. The first-order valence-electron chi connectivity index (χ1n) is 10.3. The molecule has 0 aliphatic heterocycles. The van der Waals surface area contributed by atoms with E-state index in [9.17, 15) is 30.8 Å². The number of carbonyl (C=O) groups excluding carboxylic acids is 1. The molecule has 0 saturated carbocycles. The third-order valence-electron chi connectivity index (χ3n) is 4.99. The molecule has 0 unspecified atom stereocenters. The molecule has 0 bridgehead atoms. The Morgan fingerprint density at radius 1 is 0.943 bits per heavy atom. The van der Waals surface area contributed by atoms with Crippen molar-refractivity contribution in [3.8, 4) is 16.9 Å². The molecule has 0 fully saturated rings. The van der Waals surface area contributed by atoms with Gasteiger partial charge in [0.15, 0.2) is 9.84 Å². The van der Waals surface area contributed by atoms with Gasteiger partial charge in [0.05, 0.1) is 24.1 Å². The van der Waals surface area contributed by atoms with Crippen molar-refractivity contribution in [3.63, 3.8) is 0 Å². The van der Waals surface area contributed by atoms with Crippen LogP contribution >= 0.6 is 0 Å². The fourth-order valence-electron chi connectivity index (χ4n) is 3.19. The van der Waals surface area contributed by atoms with Gasteiger partial charge in [-0.1, -0.05) is 12.1 Å². The molecule has 0 atom stereocenters. The van der Waals surface area contributed by atoms with Crippen LogP contribution in [0.25, 0.3) is 11.1 Å². The lowest BCUT2D eigenvalue weighted by atomic mass is 10.0. The topological polar surface area (TPSA) is 84.5 Å². The van der Waals surface area contributed by atoms with Crippen LogP contribution in [0.5, 0.6) is 5.75 Å². The summed E-state index contributed by atoms with van der Waals surface area (Å²) in [7, 11) is -2.30. The standard InChI is InChI=1S/C24H22F4N2O4S/c1-34-21-11-16(10-18(12-21)17-2-4-19(5-3-17)24(26,27)28)13-30-23(31)14-29-15-35(32,33)22-8-6-20(25)7-9-22/h2-12,29H,13-15H2,1H3,(H,30,31). The molecule has 0 aliphatic rings. The average molecular weight is 511 g/mol. The van der Waals surface area contributed by atoms with Gasteiger partial charge in [0, 0.05) is 6.54 Å². The molecular formula is C24H22F4N2O4S. The van der Waals surface area contributed by atoms with E-state index < -0.39 is 39.2 Å². The van der Waals surface area contributed by atoms with E-state index in [2.05, 4.69) is 10.6 Å². The highest BCUT2D eigenvalue weighted by Gasteiger charge is 2.30. The predicted octanol–water partition coefficient (Wildman–Crippen LogP) is 4.16. The van der Waals surface area contributed by atoms with Crippen molar-refractivity contribution in [1.82, 2.24) is 10.6 Å². The summed E-state index contributed by atoms with van der Waals surface area (Å²) in [5.74, 6) is -1.09. The van der Waals surface area contributed by atoms with E-state index in [1.807, 2.05) is 0 Å². The summed E-state index contributed by atoms with van der Waals surface area (Å²) in [6.45, 7) is -0.202. The molecule has 0 aromatic heterocycles. The molecule has 3 aromatic carbocycles. The minimum atomic E-state index is -4.44. The maximum atomic E-state index is 13.0. The Bertz CT molecular complexity index is 1280. The second-order valence-electron chi connectivity index (χ2n) is 7.56. The number of nitrogens with one attached hydrogen (secondary N) is 2. The van der Waals surface area contributed by atoms with Crippen LogP contribution in [0.15, 0.2) is 71.6 Å². The van der Waals surface area contributed by atoms with Crippen LogP contribution in [0.2, 0.25) is 0 Å². The Labute approximate surface area is 199 Å². The van der Waals surface area contributed by atoms with Crippen molar-refractivity contribution in [2.24, 2.45) is 0 Å². The average Bonchev–Trinajstić information content (AvgIpc) is 2.82. The van der Waals surface area contributed by atoms with Gasteiger partial charge in [0.2, 0.25) is 5.91 Å². The third-order valence-corrected chi connectivity index (χ3v) is 6.56. The van der Waals surface area contributed by atoms with Gasteiger partial charge in [-0.3, -0.25) is 10.1 Å². The third kappa shape index (κ3) is 7.27. The molecule has 35 heavy (non-hydrogen) atoms. The molecule has 0 radical (unpaired) electrons. The van der Waals surface area contributed by atoms with E-state index in [-0.39, 0.29) is 18.0 Å². The highest BCUT2D eigenvalue weighted by Crippen LogP contribution is 2.32. The van der Waals surface area contributed by atoms with E-state index in [1.54, 1.807) is 18.2 Å². The van der Waals surface area contributed by atoms with E-state index in [0.29, 0.717) is 22.4 Å². The zero-order valence-corrected chi connectivity index (χ0v) is 19.3. The first kappa shape index (κ1) is 26.2. The molecule has 0 spiro atoms. The molecule has 3 rings (SSSR count). The maximum absolute atomic E-state index is 13.0. The summed E-state index contributed by atoms with van der Waals surface area (Å²) < 4.78 is 81.2. The molecule has 11 heteroatoms. The number of alkyl halides is 3. The number of sulfone groups is 1. The van der Waals surface area contributed by atoms with E-state index in [4.69, 9.17) is 4.74 Å². The van der Waals surface area contributed by atoms with Crippen LogP contribution in [-0.4, -0.2) is 33.9 Å². The van der Waals surface area contributed by atoms with Gasteiger partial charge in [-0.15, -0.1) is 0 Å². The largest absolute Gasteiger partial charge is 0.497 e. The Kier molecular flexibility index (Phi) is 8.13. The van der Waals surface area contributed by atoms with Crippen LogP contribution in [-0.2, 0) is 27.4 Å². The number of halogens is 4. The van der Waals surface area contributed by atoms with Crippen molar-refractivity contribution in [3.05, 3.63) is 83.7 Å². The number of benzene rings is 3. The Hall–Kier alpha value is -3.44. The number of hydrogen-bond donors (Lipinski definition) is 2. The van der Waals surface area contributed by atoms with Crippen molar-refractivity contribution in [2.75, 3.05) is 19.5 Å². The normalized spacial score (nSPS) is 11.8. The summed E-state index contributed by atoms with van der Waals surface area (Å²) >= 11 is 0. The van der Waals surface area contributed by atoms with Crippen LogP contribution in [0.3, 0.4) is 0 Å². The molecule has 3 aromatic rings. The molecular weight excluding hydrogens is 488 g/mol. The SMILES string of the molecule is COc1cc(CNC(=O)CNCS(=O)(=O)c2ccc(F)cc2)cc(-c2ccc(C(F)(F)F)cc2)c1. The lowest BCUT2D eigenvalue weighted by molar-refractivity contribution is -0.137. The first-order valence-corrected chi connectivity index (χ1v) is 11.9. The lowest BCUT2D eigenvalue weighted by Crippen LogP contribution is -2.35. The minimum absolute atomic E-state index is 0.0704. The second-order valence-corrected chi connectivity index (χ2v) is 9.55. The number of rotatable bonds is 9. The summed E-state index contributed by atoms with van der Waals surface area (Å²) in [6, 6.07) is 14.1. The van der Waals surface area contributed by atoms with E-state index in [1.165, 1.54) is 19.2 Å². The number of methoxy groups -OCH3 is 1. The predicted molar refractivity (Wildman–Crippen MR) is 122 cm³/mol. The summed E-state index contributed by atoms with van der Waals surface area (Å²) in [6.07, 6.45) is -4.44. The van der Waals surface area contributed by atoms with Crippen LogP contribution < -0.4 is 15.4 Å². The molecule has 186 valence electrons. The van der Waals surface area contributed by atoms with Gasteiger partial charge in [-0.05, 0) is 71.3 Å². The van der Waals surface area contributed by atoms with Gasteiger partial charge in [0.25, 0.3) is 0 Å². The molecule has 0 saturated heterocycles. The highest BCUT2D eigenvalue weighted by molar-refractivity contribution is 7.91. The molecule has 0 aliphatic carbocycles. The van der Waals surface area contributed by atoms with Gasteiger partial charge in [-0.2, -0.15) is 13.2 Å².